The Morgan fingerprint density at radius 1 is 1.28 bits per heavy atom. The minimum absolute atomic E-state index is 0.110. The number of amides is 1. The number of nitrogens with one attached hydrogen (secondary N) is 1. The van der Waals surface area contributed by atoms with E-state index in [0.29, 0.717) is 49.8 Å². The smallest absolute Gasteiger partial charge is 0.225 e. The fourth-order valence-electron chi connectivity index (χ4n) is 3.55. The molecule has 10 heteroatoms. The van der Waals surface area contributed by atoms with Gasteiger partial charge in [0.05, 0.1) is 24.8 Å². The Bertz CT molecular complexity index is 1100. The van der Waals surface area contributed by atoms with Gasteiger partial charge in [0.2, 0.25) is 5.91 Å². The van der Waals surface area contributed by atoms with Crippen molar-refractivity contribution in [2.45, 2.75) is 32.9 Å². The number of aromatic nitrogens is 2. The Hall–Kier alpha value is -2.69. The highest BCUT2D eigenvalue weighted by Gasteiger charge is 2.22. The molecule has 1 aromatic carbocycles. The van der Waals surface area contributed by atoms with E-state index in [1.807, 2.05) is 19.9 Å². The molecule has 0 aliphatic carbocycles. The van der Waals surface area contributed by atoms with Gasteiger partial charge in [-0.3, -0.25) is 9.69 Å². The van der Waals surface area contributed by atoms with E-state index in [2.05, 4.69) is 20.4 Å². The molecule has 3 heterocycles. The molecular weight excluding hydrogens is 438 g/mol. The van der Waals surface area contributed by atoms with E-state index in [-0.39, 0.29) is 18.4 Å². The van der Waals surface area contributed by atoms with Crippen LogP contribution in [0.1, 0.15) is 21.9 Å². The van der Waals surface area contributed by atoms with Crippen LogP contribution in [0.3, 0.4) is 0 Å². The monoisotopic (exact) mass is 462 g/mol. The first-order chi connectivity index (χ1) is 15.4. The van der Waals surface area contributed by atoms with E-state index in [4.69, 9.17) is 9.26 Å². The van der Waals surface area contributed by atoms with Crippen LogP contribution >= 0.6 is 11.3 Å². The lowest BCUT2D eigenvalue weighted by atomic mass is 10.1. The van der Waals surface area contributed by atoms with Crippen LogP contribution in [0.4, 0.5) is 8.78 Å². The number of rotatable bonds is 7. The molecule has 0 radical (unpaired) electrons. The van der Waals surface area contributed by atoms with E-state index in [0.717, 1.165) is 21.6 Å². The Labute approximate surface area is 188 Å². The predicted molar refractivity (Wildman–Crippen MR) is 115 cm³/mol. The first-order valence-corrected chi connectivity index (χ1v) is 11.1. The third-order valence-corrected chi connectivity index (χ3v) is 6.38. The number of thiazole rings is 1. The third-order valence-electron chi connectivity index (χ3n) is 5.20. The summed E-state index contributed by atoms with van der Waals surface area (Å²) in [6.45, 7) is 6.35. The Morgan fingerprint density at radius 2 is 2.12 bits per heavy atom. The zero-order valence-electron chi connectivity index (χ0n) is 17.9. The number of ether oxygens (including phenoxy) is 1. The summed E-state index contributed by atoms with van der Waals surface area (Å²) >= 11 is 1.43. The zero-order valence-corrected chi connectivity index (χ0v) is 18.7. The van der Waals surface area contributed by atoms with Crippen molar-refractivity contribution in [3.8, 4) is 10.7 Å². The maximum Gasteiger partial charge on any atom is 0.225 e. The Kier molecular flexibility index (Phi) is 6.92. The van der Waals surface area contributed by atoms with Crippen molar-refractivity contribution in [1.82, 2.24) is 20.4 Å². The van der Waals surface area contributed by atoms with Crippen LogP contribution in [0.5, 0.6) is 0 Å². The van der Waals surface area contributed by atoms with Crippen LogP contribution in [-0.2, 0) is 22.5 Å². The van der Waals surface area contributed by atoms with E-state index >= 15 is 0 Å². The van der Waals surface area contributed by atoms with Gasteiger partial charge in [0.25, 0.3) is 0 Å². The normalized spacial score (nSPS) is 16.9. The second-order valence-corrected chi connectivity index (χ2v) is 8.89. The first kappa shape index (κ1) is 22.5. The van der Waals surface area contributed by atoms with Crippen molar-refractivity contribution in [2.75, 3.05) is 26.2 Å². The van der Waals surface area contributed by atoms with Crippen LogP contribution in [-0.4, -0.2) is 53.3 Å². The van der Waals surface area contributed by atoms with Gasteiger partial charge in [-0.25, -0.2) is 13.8 Å². The molecule has 3 aromatic rings. The molecule has 4 rings (SSSR count). The van der Waals surface area contributed by atoms with E-state index in [1.54, 1.807) is 6.07 Å². The molecule has 170 valence electrons. The van der Waals surface area contributed by atoms with Crippen molar-refractivity contribution >= 4 is 17.2 Å². The van der Waals surface area contributed by atoms with Gasteiger partial charge in [0.15, 0.2) is 11.6 Å². The molecular formula is C22H24F2N4O3S. The number of benzene rings is 1. The summed E-state index contributed by atoms with van der Waals surface area (Å²) in [7, 11) is 0. The Morgan fingerprint density at radius 3 is 2.88 bits per heavy atom. The molecule has 1 atom stereocenters. The fourth-order valence-corrected chi connectivity index (χ4v) is 4.56. The van der Waals surface area contributed by atoms with Crippen molar-refractivity contribution in [3.05, 3.63) is 57.8 Å². The summed E-state index contributed by atoms with van der Waals surface area (Å²) in [5, 5.41) is 7.63. The maximum atomic E-state index is 13.4. The molecule has 0 unspecified atom stereocenters. The number of carbonyl (C=O) groups excluding carboxylic acids is 1. The van der Waals surface area contributed by atoms with Gasteiger partial charge < -0.3 is 14.6 Å². The van der Waals surface area contributed by atoms with E-state index < -0.39 is 11.6 Å². The molecule has 0 spiro atoms. The molecule has 1 amide bonds. The topological polar surface area (TPSA) is 80.5 Å². The molecule has 1 aliphatic rings. The van der Waals surface area contributed by atoms with Crippen molar-refractivity contribution in [2.24, 2.45) is 0 Å². The van der Waals surface area contributed by atoms with Crippen molar-refractivity contribution < 1.29 is 22.8 Å². The summed E-state index contributed by atoms with van der Waals surface area (Å²) in [5.74, 6) is -1.10. The lowest BCUT2D eigenvalue weighted by Gasteiger charge is -2.33. The molecule has 2 aromatic heterocycles. The molecule has 7 nitrogen and oxygen atoms in total. The summed E-state index contributed by atoms with van der Waals surface area (Å²) in [5.41, 5.74) is 2.17. The summed E-state index contributed by atoms with van der Waals surface area (Å²) < 4.78 is 37.4. The van der Waals surface area contributed by atoms with Gasteiger partial charge in [-0.15, -0.1) is 11.3 Å². The van der Waals surface area contributed by atoms with Crippen LogP contribution in [0.25, 0.3) is 10.7 Å². The molecule has 1 N–H and O–H groups in total. The minimum Gasteiger partial charge on any atom is -0.374 e. The van der Waals surface area contributed by atoms with Crippen LogP contribution in [0.15, 0.2) is 28.8 Å². The lowest BCUT2D eigenvalue weighted by Crippen LogP contribution is -2.47. The van der Waals surface area contributed by atoms with Crippen molar-refractivity contribution in [1.29, 1.82) is 0 Å². The molecule has 1 aliphatic heterocycles. The van der Waals surface area contributed by atoms with Gasteiger partial charge in [0, 0.05) is 37.1 Å². The number of hydrogen-bond acceptors (Lipinski definition) is 7. The molecule has 0 bridgehead atoms. The quantitative estimate of drug-likeness (QED) is 0.581. The molecule has 1 fully saturated rings. The zero-order chi connectivity index (χ0) is 22.7. The number of aryl methyl sites for hydroxylation is 2. The first-order valence-electron chi connectivity index (χ1n) is 10.3. The van der Waals surface area contributed by atoms with Gasteiger partial charge in [-0.05, 0) is 31.5 Å². The average molecular weight is 463 g/mol. The average Bonchev–Trinajstić information content (AvgIpc) is 3.35. The van der Waals surface area contributed by atoms with Crippen LogP contribution < -0.4 is 5.32 Å². The molecule has 1 saturated heterocycles. The summed E-state index contributed by atoms with van der Waals surface area (Å²) in [6, 6.07) is 5.75. The fraction of sp³-hybridized carbons (Fsp3) is 0.409. The standard InChI is InChI=1S/C22H24F2N4O3S/c1-13-7-19(27-31-13)22-26-14(2)20(32-22)9-21(29)25-10-16-12-28(5-6-30-16)11-15-3-4-17(23)18(24)8-15/h3-4,7-8,16H,5-6,9-12H2,1-2H3,(H,25,29)/t16-/m0/s1. The number of nitrogens with zero attached hydrogens (tertiary/aromatic N) is 3. The molecule has 0 saturated carbocycles. The van der Waals surface area contributed by atoms with E-state index in [9.17, 15) is 13.6 Å². The van der Waals surface area contributed by atoms with Gasteiger partial charge in [0.1, 0.15) is 16.5 Å². The number of halogens is 2. The summed E-state index contributed by atoms with van der Waals surface area (Å²) in [4.78, 5) is 20.0. The largest absolute Gasteiger partial charge is 0.374 e. The highest BCUT2D eigenvalue weighted by molar-refractivity contribution is 7.15. The van der Waals surface area contributed by atoms with Crippen LogP contribution in [0.2, 0.25) is 0 Å². The maximum absolute atomic E-state index is 13.4. The third kappa shape index (κ3) is 5.56. The predicted octanol–water partition coefficient (Wildman–Crippen LogP) is 3.25. The van der Waals surface area contributed by atoms with Gasteiger partial charge in [-0.1, -0.05) is 11.2 Å². The summed E-state index contributed by atoms with van der Waals surface area (Å²) in [6.07, 6.45) is 0.0558. The second-order valence-electron chi connectivity index (χ2n) is 7.81. The number of carbonyl (C=O) groups is 1. The van der Waals surface area contributed by atoms with Gasteiger partial charge >= 0.3 is 0 Å². The number of hydrogen-bond donors (Lipinski definition) is 1. The van der Waals surface area contributed by atoms with E-state index in [1.165, 1.54) is 17.4 Å². The Balaban J connectivity index is 1.27. The van der Waals surface area contributed by atoms with Crippen LogP contribution in [0, 0.1) is 25.5 Å². The highest BCUT2D eigenvalue weighted by atomic mass is 32.1. The SMILES string of the molecule is Cc1cc(-c2nc(C)c(CC(=O)NC[C@H]3CN(Cc4ccc(F)c(F)c4)CCO3)s2)no1. The highest BCUT2D eigenvalue weighted by Crippen LogP contribution is 2.27. The second kappa shape index (κ2) is 9.85. The minimum atomic E-state index is -0.851. The number of morpholine rings is 1. The lowest BCUT2D eigenvalue weighted by molar-refractivity contribution is -0.121. The molecule has 32 heavy (non-hydrogen) atoms. The van der Waals surface area contributed by atoms with Gasteiger partial charge in [-0.2, -0.15) is 0 Å². The van der Waals surface area contributed by atoms with Crippen molar-refractivity contribution in [3.63, 3.8) is 0 Å².